The highest BCUT2D eigenvalue weighted by atomic mass is 79.9. The van der Waals surface area contributed by atoms with Gasteiger partial charge >= 0.3 is 0 Å². The Morgan fingerprint density at radius 2 is 2.00 bits per heavy atom. The Hall–Kier alpha value is -1.36. The highest BCUT2D eigenvalue weighted by molar-refractivity contribution is 9.10. The first kappa shape index (κ1) is 16.0. The van der Waals surface area contributed by atoms with Crippen LogP contribution >= 0.6 is 15.9 Å². The monoisotopic (exact) mass is 353 g/mol. The van der Waals surface area contributed by atoms with E-state index in [0.29, 0.717) is 15.8 Å². The molecule has 0 radical (unpaired) electrons. The Balaban J connectivity index is 1.87. The highest BCUT2D eigenvalue weighted by Gasteiger charge is 2.16. The average molecular weight is 354 g/mol. The summed E-state index contributed by atoms with van der Waals surface area (Å²) in [6.45, 7) is -0.0695. The molecule has 2 rings (SSSR count). The number of nitrogens with one attached hydrogen (secondary N) is 1. The molecule has 1 aromatic rings. The van der Waals surface area contributed by atoms with Crippen molar-refractivity contribution in [1.82, 2.24) is 5.32 Å². The Bertz CT molecular complexity index is 496. The van der Waals surface area contributed by atoms with Crippen molar-refractivity contribution in [2.24, 2.45) is 0 Å². The Morgan fingerprint density at radius 1 is 1.29 bits per heavy atom. The van der Waals surface area contributed by atoms with Crippen LogP contribution in [0.25, 0.3) is 0 Å². The Labute approximate surface area is 133 Å². The molecule has 0 saturated heterocycles. The van der Waals surface area contributed by atoms with Crippen LogP contribution in [-0.2, 0) is 4.79 Å². The van der Waals surface area contributed by atoms with Gasteiger partial charge in [-0.25, -0.2) is 0 Å². The molecule has 0 aromatic heterocycles. The third kappa shape index (κ3) is 4.84. The fourth-order valence-electron chi connectivity index (χ4n) is 2.60. The zero-order valence-corrected chi connectivity index (χ0v) is 13.5. The van der Waals surface area contributed by atoms with Crippen LogP contribution in [-0.4, -0.2) is 24.8 Å². The van der Waals surface area contributed by atoms with Gasteiger partial charge in [0.2, 0.25) is 0 Å². The number of ether oxygens (including phenoxy) is 1. The smallest absolute Gasteiger partial charge is 0.258 e. The van der Waals surface area contributed by atoms with Crippen molar-refractivity contribution in [3.05, 3.63) is 28.2 Å². The van der Waals surface area contributed by atoms with Crippen LogP contribution in [0.5, 0.6) is 5.75 Å². The van der Waals surface area contributed by atoms with Crippen molar-refractivity contribution in [2.45, 2.75) is 44.6 Å². The predicted octanol–water partition coefficient (Wildman–Crippen LogP) is 3.48. The van der Waals surface area contributed by atoms with E-state index in [-0.39, 0.29) is 18.6 Å². The summed E-state index contributed by atoms with van der Waals surface area (Å²) < 4.78 is 6.18. The zero-order chi connectivity index (χ0) is 15.1. The first-order valence-corrected chi connectivity index (χ1v) is 8.16. The number of amides is 1. The maximum Gasteiger partial charge on any atom is 0.258 e. The molecule has 1 saturated carbocycles. The number of para-hydroxylation sites is 1. The van der Waals surface area contributed by atoms with Gasteiger partial charge in [-0.05, 0) is 40.9 Å². The Morgan fingerprint density at radius 3 is 2.67 bits per heavy atom. The molecule has 1 aliphatic rings. The molecule has 0 spiro atoms. The first-order chi connectivity index (χ1) is 10.2. The molecule has 0 aliphatic heterocycles. The van der Waals surface area contributed by atoms with E-state index < -0.39 is 0 Å². The number of hydrogen-bond acceptors (Lipinski definition) is 3. The van der Waals surface area contributed by atoms with Gasteiger partial charge in [-0.1, -0.05) is 31.7 Å². The fraction of sp³-hybridized carbons (Fsp3) is 0.500. The van der Waals surface area contributed by atoms with E-state index in [1.807, 2.05) is 0 Å². The van der Waals surface area contributed by atoms with Gasteiger partial charge in [0.25, 0.3) is 5.91 Å². The average Bonchev–Trinajstić information content (AvgIpc) is 2.74. The van der Waals surface area contributed by atoms with Gasteiger partial charge in [0, 0.05) is 6.04 Å². The van der Waals surface area contributed by atoms with Crippen LogP contribution in [0.15, 0.2) is 22.7 Å². The van der Waals surface area contributed by atoms with Gasteiger partial charge in [0.05, 0.1) is 10.0 Å². The second-order valence-corrected chi connectivity index (χ2v) is 6.18. The largest absolute Gasteiger partial charge is 0.482 e. The molecular formula is C16H20BrNO3. The molecular weight excluding hydrogens is 334 g/mol. The van der Waals surface area contributed by atoms with E-state index in [1.165, 1.54) is 25.7 Å². The SMILES string of the molecule is O=Cc1cccc(Br)c1OCC(=O)NC1CCCCCC1. The summed E-state index contributed by atoms with van der Waals surface area (Å²) in [5.74, 6) is 0.290. The molecule has 4 nitrogen and oxygen atoms in total. The number of benzene rings is 1. The third-order valence-corrected chi connectivity index (χ3v) is 4.32. The van der Waals surface area contributed by atoms with Crippen LogP contribution in [0.4, 0.5) is 0 Å². The van der Waals surface area contributed by atoms with E-state index in [0.717, 1.165) is 19.1 Å². The van der Waals surface area contributed by atoms with Gasteiger partial charge in [-0.2, -0.15) is 0 Å². The molecule has 1 amide bonds. The van der Waals surface area contributed by atoms with E-state index >= 15 is 0 Å². The minimum absolute atomic E-state index is 0.0695. The highest BCUT2D eigenvalue weighted by Crippen LogP contribution is 2.27. The van der Waals surface area contributed by atoms with Crippen LogP contribution in [0, 0.1) is 0 Å². The van der Waals surface area contributed by atoms with Crippen LogP contribution < -0.4 is 10.1 Å². The summed E-state index contributed by atoms with van der Waals surface area (Å²) in [5.41, 5.74) is 0.437. The minimum atomic E-state index is -0.130. The normalized spacial score (nSPS) is 16.0. The molecule has 0 bridgehead atoms. The van der Waals surface area contributed by atoms with Crippen LogP contribution in [0.2, 0.25) is 0 Å². The fourth-order valence-corrected chi connectivity index (χ4v) is 3.10. The molecule has 5 heteroatoms. The van der Waals surface area contributed by atoms with Crippen LogP contribution in [0.1, 0.15) is 48.9 Å². The molecule has 1 N–H and O–H groups in total. The second kappa shape index (κ2) is 8.17. The van der Waals surface area contributed by atoms with Crippen molar-refractivity contribution >= 4 is 28.1 Å². The molecule has 1 fully saturated rings. The quantitative estimate of drug-likeness (QED) is 0.651. The lowest BCUT2D eigenvalue weighted by Gasteiger charge is -2.17. The Kier molecular flexibility index (Phi) is 6.23. The van der Waals surface area contributed by atoms with Gasteiger partial charge in [-0.15, -0.1) is 0 Å². The van der Waals surface area contributed by atoms with Crippen LogP contribution in [0.3, 0.4) is 0 Å². The van der Waals surface area contributed by atoms with Crippen molar-refractivity contribution < 1.29 is 14.3 Å². The molecule has 0 atom stereocenters. The van der Waals surface area contributed by atoms with E-state index in [4.69, 9.17) is 4.74 Å². The van der Waals surface area contributed by atoms with Crippen molar-refractivity contribution in [3.8, 4) is 5.75 Å². The third-order valence-electron chi connectivity index (χ3n) is 3.69. The van der Waals surface area contributed by atoms with Gasteiger partial charge in [0.15, 0.2) is 12.9 Å². The van der Waals surface area contributed by atoms with Crippen molar-refractivity contribution in [2.75, 3.05) is 6.61 Å². The lowest BCUT2D eigenvalue weighted by Crippen LogP contribution is -2.37. The summed E-state index contributed by atoms with van der Waals surface area (Å²) in [6, 6.07) is 5.46. The van der Waals surface area contributed by atoms with E-state index in [9.17, 15) is 9.59 Å². The summed E-state index contributed by atoms with van der Waals surface area (Å²) in [6.07, 6.45) is 7.66. The van der Waals surface area contributed by atoms with E-state index in [2.05, 4.69) is 21.2 Å². The van der Waals surface area contributed by atoms with E-state index in [1.54, 1.807) is 18.2 Å². The number of rotatable bonds is 5. The number of carbonyl (C=O) groups excluding carboxylic acids is 2. The predicted molar refractivity (Wildman–Crippen MR) is 84.7 cm³/mol. The molecule has 21 heavy (non-hydrogen) atoms. The number of halogens is 1. The summed E-state index contributed by atoms with van der Waals surface area (Å²) in [7, 11) is 0. The molecule has 1 aromatic carbocycles. The molecule has 114 valence electrons. The first-order valence-electron chi connectivity index (χ1n) is 7.36. The van der Waals surface area contributed by atoms with Gasteiger partial charge in [0.1, 0.15) is 5.75 Å². The molecule has 0 heterocycles. The standard InChI is InChI=1S/C16H20BrNO3/c17-14-9-5-6-12(10-19)16(14)21-11-15(20)18-13-7-3-1-2-4-8-13/h5-6,9-10,13H,1-4,7-8,11H2,(H,18,20). The maximum atomic E-state index is 12.0. The zero-order valence-electron chi connectivity index (χ0n) is 11.9. The number of carbonyl (C=O) groups is 2. The molecule has 0 unspecified atom stereocenters. The van der Waals surface area contributed by atoms with Crippen molar-refractivity contribution in [3.63, 3.8) is 0 Å². The molecule has 1 aliphatic carbocycles. The van der Waals surface area contributed by atoms with Gasteiger partial charge in [-0.3, -0.25) is 9.59 Å². The van der Waals surface area contributed by atoms with Gasteiger partial charge < -0.3 is 10.1 Å². The number of hydrogen-bond donors (Lipinski definition) is 1. The number of aldehydes is 1. The summed E-state index contributed by atoms with van der Waals surface area (Å²) >= 11 is 3.33. The lowest BCUT2D eigenvalue weighted by molar-refractivity contribution is -0.123. The lowest BCUT2D eigenvalue weighted by atomic mass is 10.1. The summed E-state index contributed by atoms with van der Waals surface area (Å²) in [5, 5.41) is 3.02. The van der Waals surface area contributed by atoms with Crippen molar-refractivity contribution in [1.29, 1.82) is 0 Å². The minimum Gasteiger partial charge on any atom is -0.482 e. The summed E-state index contributed by atoms with van der Waals surface area (Å²) in [4.78, 5) is 22.9. The maximum absolute atomic E-state index is 12.0. The second-order valence-electron chi connectivity index (χ2n) is 5.32. The topological polar surface area (TPSA) is 55.4 Å².